The van der Waals surface area contributed by atoms with Gasteiger partial charge in [-0.3, -0.25) is 4.79 Å². The SMILES string of the molecule is CC1(C)CC(=O)c2ccc(-c3nnc(-c4ccccc4)s3)nc2C1. The number of benzene rings is 1. The van der Waals surface area contributed by atoms with Gasteiger partial charge in [-0.05, 0) is 24.0 Å². The number of nitrogens with zero attached hydrogens (tertiary/aromatic N) is 3. The highest BCUT2D eigenvalue weighted by atomic mass is 32.1. The molecular formula is C19H17N3OS. The van der Waals surface area contributed by atoms with Crippen LogP contribution in [-0.4, -0.2) is 21.0 Å². The second-order valence-electron chi connectivity index (χ2n) is 6.91. The van der Waals surface area contributed by atoms with E-state index in [0.717, 1.165) is 39.0 Å². The summed E-state index contributed by atoms with van der Waals surface area (Å²) in [6, 6.07) is 13.8. The normalized spacial score (nSPS) is 16.0. The molecule has 0 radical (unpaired) electrons. The number of Topliss-reactive ketones (excluding diaryl/α,β-unsaturated/α-hetero) is 1. The Kier molecular flexibility index (Phi) is 3.53. The summed E-state index contributed by atoms with van der Waals surface area (Å²) in [5.41, 5.74) is 3.44. The highest BCUT2D eigenvalue weighted by Gasteiger charge is 2.32. The van der Waals surface area contributed by atoms with E-state index in [1.165, 1.54) is 11.3 Å². The molecule has 2 heterocycles. The van der Waals surface area contributed by atoms with Gasteiger partial charge in [-0.1, -0.05) is 55.5 Å². The molecule has 3 aromatic rings. The van der Waals surface area contributed by atoms with E-state index < -0.39 is 0 Å². The molecule has 5 heteroatoms. The smallest absolute Gasteiger partial charge is 0.166 e. The first-order valence-corrected chi connectivity index (χ1v) is 8.76. The minimum Gasteiger partial charge on any atom is -0.294 e. The fourth-order valence-electron chi connectivity index (χ4n) is 3.08. The number of hydrogen-bond acceptors (Lipinski definition) is 5. The highest BCUT2D eigenvalue weighted by molar-refractivity contribution is 7.17. The van der Waals surface area contributed by atoms with E-state index in [4.69, 9.17) is 4.98 Å². The van der Waals surface area contributed by atoms with Crippen molar-refractivity contribution in [3.05, 3.63) is 53.7 Å². The molecular weight excluding hydrogens is 318 g/mol. The van der Waals surface area contributed by atoms with Crippen molar-refractivity contribution in [3.63, 3.8) is 0 Å². The Labute approximate surface area is 144 Å². The molecule has 1 aromatic carbocycles. The molecule has 0 saturated carbocycles. The number of carbonyl (C=O) groups excluding carboxylic acids is 1. The van der Waals surface area contributed by atoms with Crippen LogP contribution in [0.1, 0.15) is 36.3 Å². The Morgan fingerprint density at radius 1 is 0.958 bits per heavy atom. The number of aromatic nitrogens is 3. The first kappa shape index (κ1) is 15.1. The van der Waals surface area contributed by atoms with Crippen LogP contribution in [0, 0.1) is 5.41 Å². The third-order valence-corrected chi connectivity index (χ3v) is 5.22. The van der Waals surface area contributed by atoms with Gasteiger partial charge in [0.2, 0.25) is 0 Å². The van der Waals surface area contributed by atoms with Crippen LogP contribution >= 0.6 is 11.3 Å². The number of hydrogen-bond donors (Lipinski definition) is 0. The van der Waals surface area contributed by atoms with E-state index in [9.17, 15) is 4.79 Å². The zero-order valence-corrected chi connectivity index (χ0v) is 14.4. The van der Waals surface area contributed by atoms with Gasteiger partial charge in [0, 0.05) is 17.5 Å². The third kappa shape index (κ3) is 2.76. The van der Waals surface area contributed by atoms with Crippen LogP contribution in [-0.2, 0) is 6.42 Å². The monoisotopic (exact) mass is 335 g/mol. The number of pyridine rings is 1. The molecule has 120 valence electrons. The zero-order chi connectivity index (χ0) is 16.7. The van der Waals surface area contributed by atoms with E-state index in [0.29, 0.717) is 6.42 Å². The minimum atomic E-state index is -0.0357. The maximum Gasteiger partial charge on any atom is 0.166 e. The van der Waals surface area contributed by atoms with Crippen molar-refractivity contribution in [1.82, 2.24) is 15.2 Å². The predicted molar refractivity (Wildman–Crippen MR) is 95.0 cm³/mol. The molecule has 0 unspecified atom stereocenters. The van der Waals surface area contributed by atoms with Gasteiger partial charge in [-0.25, -0.2) is 4.98 Å². The fraction of sp³-hybridized carbons (Fsp3) is 0.263. The summed E-state index contributed by atoms with van der Waals surface area (Å²) in [4.78, 5) is 17.0. The van der Waals surface area contributed by atoms with E-state index in [-0.39, 0.29) is 11.2 Å². The third-order valence-electron chi connectivity index (χ3n) is 4.22. The van der Waals surface area contributed by atoms with E-state index in [1.54, 1.807) is 0 Å². The maximum atomic E-state index is 12.3. The lowest BCUT2D eigenvalue weighted by atomic mass is 9.75. The van der Waals surface area contributed by atoms with Crippen molar-refractivity contribution in [2.75, 3.05) is 0 Å². The minimum absolute atomic E-state index is 0.0357. The first-order valence-electron chi connectivity index (χ1n) is 7.94. The Bertz CT molecular complexity index is 915. The van der Waals surface area contributed by atoms with E-state index >= 15 is 0 Å². The number of rotatable bonds is 2. The standard InChI is InChI=1S/C19H17N3OS/c1-19(2)10-15-13(16(23)11-19)8-9-14(20-15)18-22-21-17(24-18)12-6-4-3-5-7-12/h3-9H,10-11H2,1-2H3. The van der Waals surface area contributed by atoms with Crippen LogP contribution in [0.2, 0.25) is 0 Å². The van der Waals surface area contributed by atoms with Crippen molar-refractivity contribution in [1.29, 1.82) is 0 Å². The second-order valence-corrected chi connectivity index (χ2v) is 7.89. The molecule has 2 aromatic heterocycles. The Morgan fingerprint density at radius 2 is 1.71 bits per heavy atom. The van der Waals surface area contributed by atoms with Crippen LogP contribution in [0.4, 0.5) is 0 Å². The van der Waals surface area contributed by atoms with Crippen LogP contribution in [0.25, 0.3) is 21.3 Å². The van der Waals surface area contributed by atoms with Gasteiger partial charge >= 0.3 is 0 Å². The lowest BCUT2D eigenvalue weighted by Gasteiger charge is -2.29. The van der Waals surface area contributed by atoms with Crippen LogP contribution in [0.15, 0.2) is 42.5 Å². The molecule has 0 saturated heterocycles. The first-order chi connectivity index (χ1) is 11.5. The lowest BCUT2D eigenvalue weighted by Crippen LogP contribution is -2.27. The molecule has 4 nitrogen and oxygen atoms in total. The topological polar surface area (TPSA) is 55.7 Å². The Balaban J connectivity index is 1.71. The van der Waals surface area contributed by atoms with Crippen LogP contribution < -0.4 is 0 Å². The van der Waals surface area contributed by atoms with Crippen molar-refractivity contribution < 1.29 is 4.79 Å². The molecule has 1 aliphatic rings. The molecule has 0 amide bonds. The molecule has 1 aliphatic carbocycles. The number of carbonyl (C=O) groups is 1. The van der Waals surface area contributed by atoms with Crippen LogP contribution in [0.3, 0.4) is 0 Å². The molecule has 0 fully saturated rings. The Hall–Kier alpha value is -2.40. The second kappa shape index (κ2) is 5.60. The molecule has 0 bridgehead atoms. The molecule has 0 spiro atoms. The molecule has 0 N–H and O–H groups in total. The average molecular weight is 335 g/mol. The van der Waals surface area contributed by atoms with Gasteiger partial charge in [0.05, 0.1) is 5.69 Å². The molecule has 4 rings (SSSR count). The van der Waals surface area contributed by atoms with Gasteiger partial charge in [-0.2, -0.15) is 0 Å². The summed E-state index contributed by atoms with van der Waals surface area (Å²) >= 11 is 1.52. The van der Waals surface area contributed by atoms with Crippen molar-refractivity contribution in [3.8, 4) is 21.3 Å². The summed E-state index contributed by atoms with van der Waals surface area (Å²) in [5.74, 6) is 0.183. The molecule has 0 aliphatic heterocycles. The highest BCUT2D eigenvalue weighted by Crippen LogP contribution is 2.35. The van der Waals surface area contributed by atoms with Gasteiger partial charge in [-0.15, -0.1) is 10.2 Å². The quantitative estimate of drug-likeness (QED) is 0.695. The molecule has 0 atom stereocenters. The lowest BCUT2D eigenvalue weighted by molar-refractivity contribution is 0.0910. The van der Waals surface area contributed by atoms with Gasteiger partial charge < -0.3 is 0 Å². The molecule has 24 heavy (non-hydrogen) atoms. The maximum absolute atomic E-state index is 12.3. The largest absolute Gasteiger partial charge is 0.294 e. The van der Waals surface area contributed by atoms with Crippen molar-refractivity contribution in [2.45, 2.75) is 26.7 Å². The van der Waals surface area contributed by atoms with Gasteiger partial charge in [0.25, 0.3) is 0 Å². The fourth-order valence-corrected chi connectivity index (χ4v) is 3.90. The zero-order valence-electron chi connectivity index (χ0n) is 13.6. The van der Waals surface area contributed by atoms with Crippen LogP contribution in [0.5, 0.6) is 0 Å². The summed E-state index contributed by atoms with van der Waals surface area (Å²) in [6.07, 6.45) is 1.39. The average Bonchev–Trinajstić information content (AvgIpc) is 3.04. The van der Waals surface area contributed by atoms with E-state index in [2.05, 4.69) is 24.0 Å². The summed E-state index contributed by atoms with van der Waals surface area (Å²) in [6.45, 7) is 4.22. The van der Waals surface area contributed by atoms with Gasteiger partial charge in [0.1, 0.15) is 10.7 Å². The Morgan fingerprint density at radius 3 is 2.50 bits per heavy atom. The number of ketones is 1. The summed E-state index contributed by atoms with van der Waals surface area (Å²) in [7, 11) is 0. The predicted octanol–water partition coefficient (Wildman–Crippen LogP) is 4.42. The van der Waals surface area contributed by atoms with E-state index in [1.807, 2.05) is 42.5 Å². The number of fused-ring (bicyclic) bond motifs is 1. The van der Waals surface area contributed by atoms with Gasteiger partial charge in [0.15, 0.2) is 10.8 Å². The summed E-state index contributed by atoms with van der Waals surface area (Å²) < 4.78 is 0. The summed E-state index contributed by atoms with van der Waals surface area (Å²) in [5, 5.41) is 10.2. The van der Waals surface area contributed by atoms with Crippen molar-refractivity contribution >= 4 is 17.1 Å². The van der Waals surface area contributed by atoms with Crippen molar-refractivity contribution in [2.24, 2.45) is 5.41 Å².